The average molecular weight is 208 g/mol. The van der Waals surface area contributed by atoms with Crippen molar-refractivity contribution in [1.82, 2.24) is 0 Å². The molecule has 0 radical (unpaired) electrons. The summed E-state index contributed by atoms with van der Waals surface area (Å²) in [5, 5.41) is 0. The second-order valence-corrected chi connectivity index (χ2v) is 2.64. The zero-order valence-electron chi connectivity index (χ0n) is 8.10. The average Bonchev–Trinajstić information content (AvgIpc) is 2.21. The Morgan fingerprint density at radius 3 is 2.21 bits per heavy atom. The van der Waals surface area contributed by atoms with Crippen molar-refractivity contribution in [1.29, 1.82) is 0 Å². The Morgan fingerprint density at radius 2 is 1.57 bits per heavy atom. The Hall–Kier alpha value is -0.124. The molecule has 0 unspecified atom stereocenters. The molecule has 0 saturated heterocycles. The van der Waals surface area contributed by atoms with E-state index in [4.69, 9.17) is 4.74 Å². The molecule has 0 saturated carbocycles. The summed E-state index contributed by atoms with van der Waals surface area (Å²) >= 11 is 0. The fourth-order valence-electron chi connectivity index (χ4n) is 1.06. The summed E-state index contributed by atoms with van der Waals surface area (Å²) in [7, 11) is 0. The Morgan fingerprint density at radius 1 is 0.857 bits per heavy atom. The largest absolute Gasteiger partial charge is 1.00 e. The molecule has 0 amide bonds. The van der Waals surface area contributed by atoms with E-state index in [1.807, 2.05) is 54.6 Å². The van der Waals surface area contributed by atoms with Crippen molar-refractivity contribution in [2.75, 3.05) is 0 Å². The molecule has 0 spiro atoms. The fraction of sp³-hybridized carbons (Fsp3) is 0. The maximum atomic E-state index is 5.52. The van der Waals surface area contributed by atoms with Crippen LogP contribution in [0.2, 0.25) is 0 Å². The van der Waals surface area contributed by atoms with E-state index in [9.17, 15) is 0 Å². The smallest absolute Gasteiger partial charge is 0.483 e. The van der Waals surface area contributed by atoms with Gasteiger partial charge in [0.05, 0.1) is 0 Å². The molecule has 0 aliphatic heterocycles. The Balaban J connectivity index is 0.000000980. The van der Waals surface area contributed by atoms with Gasteiger partial charge >= 0.3 is 51.4 Å². The summed E-state index contributed by atoms with van der Waals surface area (Å²) in [6, 6.07) is 20.2. The van der Waals surface area contributed by atoms with E-state index in [1.54, 1.807) is 0 Å². The minimum absolute atomic E-state index is 0. The summed E-state index contributed by atoms with van der Waals surface area (Å²) < 4.78 is 5.52. The first-order valence-corrected chi connectivity index (χ1v) is 4.15. The van der Waals surface area contributed by atoms with Gasteiger partial charge in [0.2, 0.25) is 0 Å². The van der Waals surface area contributed by atoms with Crippen LogP contribution in [0, 0.1) is 6.07 Å². The molecule has 1 nitrogen and oxygen atoms in total. The monoisotopic (exact) mass is 208 g/mol. The molecular weight excluding hydrogens is 199 g/mol. The van der Waals surface area contributed by atoms with Gasteiger partial charge in [-0.1, -0.05) is 18.2 Å². The SMILES string of the molecule is [K+].[c-]1ccccc1Oc1ccccc1. The van der Waals surface area contributed by atoms with Gasteiger partial charge in [-0.15, -0.1) is 12.1 Å². The quantitative estimate of drug-likeness (QED) is 0.509. The van der Waals surface area contributed by atoms with Gasteiger partial charge in [-0.25, -0.2) is 0 Å². The molecule has 0 atom stereocenters. The van der Waals surface area contributed by atoms with Gasteiger partial charge in [-0.05, 0) is 12.1 Å². The molecule has 14 heavy (non-hydrogen) atoms. The van der Waals surface area contributed by atoms with E-state index in [2.05, 4.69) is 6.07 Å². The van der Waals surface area contributed by atoms with Crippen LogP contribution >= 0.6 is 0 Å². The standard InChI is InChI=1S/C12H9O.K/c1-3-7-11(8-4-1)13-12-9-5-2-6-10-12;/h1-9H;/q-1;+1. The normalized spacial score (nSPS) is 8.86. The summed E-state index contributed by atoms with van der Waals surface area (Å²) in [5.41, 5.74) is 0. The second-order valence-electron chi connectivity index (χ2n) is 2.64. The third-order valence-electron chi connectivity index (χ3n) is 1.65. The molecule has 2 rings (SSSR count). The van der Waals surface area contributed by atoms with E-state index in [-0.39, 0.29) is 51.4 Å². The minimum Gasteiger partial charge on any atom is -0.483 e. The van der Waals surface area contributed by atoms with Crippen molar-refractivity contribution in [3.8, 4) is 11.5 Å². The van der Waals surface area contributed by atoms with E-state index in [0.717, 1.165) is 11.5 Å². The number of rotatable bonds is 2. The van der Waals surface area contributed by atoms with Crippen LogP contribution in [0.25, 0.3) is 0 Å². The van der Waals surface area contributed by atoms with Crippen LogP contribution < -0.4 is 56.1 Å². The first-order chi connectivity index (χ1) is 6.45. The number of ether oxygens (including phenoxy) is 1. The molecule has 0 aliphatic rings. The summed E-state index contributed by atoms with van der Waals surface area (Å²) in [6.45, 7) is 0. The Kier molecular flexibility index (Phi) is 5.44. The van der Waals surface area contributed by atoms with Crippen LogP contribution in [0.1, 0.15) is 0 Å². The molecule has 2 aromatic rings. The van der Waals surface area contributed by atoms with Gasteiger partial charge in [0, 0.05) is 5.75 Å². The van der Waals surface area contributed by atoms with E-state index >= 15 is 0 Å². The van der Waals surface area contributed by atoms with Crippen LogP contribution in [0.15, 0.2) is 54.6 Å². The number of benzene rings is 2. The first kappa shape index (κ1) is 11.9. The van der Waals surface area contributed by atoms with Crippen molar-refractivity contribution in [2.24, 2.45) is 0 Å². The Bertz CT molecular complexity index is 321. The van der Waals surface area contributed by atoms with Gasteiger partial charge in [-0.3, -0.25) is 0 Å². The number of para-hydroxylation sites is 2. The molecule has 0 N–H and O–H groups in total. The number of hydrogen-bond donors (Lipinski definition) is 0. The van der Waals surface area contributed by atoms with Gasteiger partial charge in [0.25, 0.3) is 0 Å². The minimum atomic E-state index is 0. The zero-order valence-corrected chi connectivity index (χ0v) is 11.2. The maximum Gasteiger partial charge on any atom is 1.00 e. The molecule has 0 fully saturated rings. The topological polar surface area (TPSA) is 9.23 Å². The molecule has 0 heterocycles. The molecule has 2 heteroatoms. The zero-order chi connectivity index (χ0) is 8.93. The van der Waals surface area contributed by atoms with E-state index < -0.39 is 0 Å². The predicted molar refractivity (Wildman–Crippen MR) is 51.8 cm³/mol. The van der Waals surface area contributed by atoms with Crippen molar-refractivity contribution in [3.05, 3.63) is 60.7 Å². The fourth-order valence-corrected chi connectivity index (χ4v) is 1.06. The van der Waals surface area contributed by atoms with Crippen molar-refractivity contribution >= 4 is 0 Å². The molecule has 0 aliphatic carbocycles. The second kappa shape index (κ2) is 6.38. The van der Waals surface area contributed by atoms with Crippen LogP contribution in [0.4, 0.5) is 0 Å². The number of hydrogen-bond acceptors (Lipinski definition) is 1. The van der Waals surface area contributed by atoms with E-state index in [1.165, 1.54) is 0 Å². The van der Waals surface area contributed by atoms with Crippen molar-refractivity contribution in [2.45, 2.75) is 0 Å². The van der Waals surface area contributed by atoms with Crippen LogP contribution in [0.5, 0.6) is 11.5 Å². The predicted octanol–water partition coefficient (Wildman–Crippen LogP) is 0.283. The third kappa shape index (κ3) is 3.56. The molecule has 0 aromatic heterocycles. The summed E-state index contributed by atoms with van der Waals surface area (Å²) in [5.74, 6) is 1.58. The van der Waals surface area contributed by atoms with Crippen LogP contribution in [-0.4, -0.2) is 0 Å². The van der Waals surface area contributed by atoms with Crippen LogP contribution in [-0.2, 0) is 0 Å². The van der Waals surface area contributed by atoms with Gasteiger partial charge < -0.3 is 4.74 Å². The van der Waals surface area contributed by atoms with Crippen LogP contribution in [0.3, 0.4) is 0 Å². The van der Waals surface area contributed by atoms with Gasteiger partial charge in [-0.2, -0.15) is 18.2 Å². The maximum absolute atomic E-state index is 5.52. The molecular formula is C12H9KO. The molecule has 0 bridgehead atoms. The van der Waals surface area contributed by atoms with Gasteiger partial charge in [0.15, 0.2) is 0 Å². The third-order valence-corrected chi connectivity index (χ3v) is 1.65. The summed E-state index contributed by atoms with van der Waals surface area (Å²) in [4.78, 5) is 0. The van der Waals surface area contributed by atoms with Crippen molar-refractivity contribution in [3.63, 3.8) is 0 Å². The van der Waals surface area contributed by atoms with Crippen molar-refractivity contribution < 1.29 is 56.1 Å². The Labute approximate surface area is 127 Å². The summed E-state index contributed by atoms with van der Waals surface area (Å²) in [6.07, 6.45) is 0. The first-order valence-electron chi connectivity index (χ1n) is 4.15. The van der Waals surface area contributed by atoms with Gasteiger partial charge in [0.1, 0.15) is 5.75 Å². The molecule has 2 aromatic carbocycles. The molecule has 64 valence electrons. The van der Waals surface area contributed by atoms with E-state index in [0.29, 0.717) is 0 Å².